The van der Waals surface area contributed by atoms with Gasteiger partial charge in [-0.3, -0.25) is 9.71 Å². The minimum atomic E-state index is -3.61. The van der Waals surface area contributed by atoms with Gasteiger partial charge in [0.15, 0.2) is 0 Å². The lowest BCUT2D eigenvalue weighted by molar-refractivity contribution is 0.603. The molecule has 0 unspecified atom stereocenters. The molecule has 0 bridgehead atoms. The van der Waals surface area contributed by atoms with E-state index in [1.165, 1.54) is 24.5 Å². The molecule has 7 heteroatoms. The summed E-state index contributed by atoms with van der Waals surface area (Å²) in [4.78, 5) is 4.15. The summed E-state index contributed by atoms with van der Waals surface area (Å²) >= 11 is 0.932. The molecule has 17 heavy (non-hydrogen) atoms. The molecule has 0 aliphatic heterocycles. The van der Waals surface area contributed by atoms with Crippen LogP contribution in [-0.2, 0) is 10.0 Å². The molecular formula is C10H7N3O2S2. The number of thiophene rings is 1. The van der Waals surface area contributed by atoms with Crippen molar-refractivity contribution in [2.75, 3.05) is 4.72 Å². The Morgan fingerprint density at radius 1 is 1.24 bits per heavy atom. The predicted molar refractivity (Wildman–Crippen MR) is 64.1 cm³/mol. The van der Waals surface area contributed by atoms with Crippen LogP contribution in [0, 0.1) is 11.3 Å². The zero-order valence-electron chi connectivity index (χ0n) is 8.49. The highest BCUT2D eigenvalue weighted by Crippen LogP contribution is 2.23. The fraction of sp³-hybridized carbons (Fsp3) is 0. The first kappa shape index (κ1) is 11.6. The molecule has 2 rings (SSSR count). The summed E-state index contributed by atoms with van der Waals surface area (Å²) in [7, 11) is -3.61. The normalized spacial score (nSPS) is 10.8. The van der Waals surface area contributed by atoms with Crippen molar-refractivity contribution in [3.63, 3.8) is 0 Å². The predicted octanol–water partition coefficient (Wildman–Crippen LogP) is 1.82. The summed E-state index contributed by atoms with van der Waals surface area (Å²) in [5, 5.41) is 8.64. The summed E-state index contributed by atoms with van der Waals surface area (Å²) < 4.78 is 26.3. The van der Waals surface area contributed by atoms with E-state index in [1.807, 2.05) is 6.07 Å². The Bertz CT molecular complexity index is 656. The number of sulfonamides is 1. The van der Waals surface area contributed by atoms with E-state index in [0.29, 0.717) is 10.6 Å². The van der Waals surface area contributed by atoms with Crippen LogP contribution >= 0.6 is 11.3 Å². The number of rotatable bonds is 3. The Kier molecular flexibility index (Phi) is 3.08. The summed E-state index contributed by atoms with van der Waals surface area (Å²) in [5.41, 5.74) is 0.437. The topological polar surface area (TPSA) is 82.8 Å². The van der Waals surface area contributed by atoms with Crippen molar-refractivity contribution in [2.45, 2.75) is 4.21 Å². The van der Waals surface area contributed by atoms with Crippen molar-refractivity contribution in [3.8, 4) is 6.07 Å². The first-order valence-corrected chi connectivity index (χ1v) is 6.84. The SMILES string of the molecule is N#Cc1ccc(S(=O)(=O)Nc2ccncc2)s1. The monoisotopic (exact) mass is 265 g/mol. The molecule has 0 amide bonds. The van der Waals surface area contributed by atoms with Gasteiger partial charge < -0.3 is 0 Å². The minimum absolute atomic E-state index is 0.117. The average Bonchev–Trinajstić information content (AvgIpc) is 2.79. The molecule has 0 aromatic carbocycles. The number of pyridine rings is 1. The molecule has 0 saturated heterocycles. The first-order chi connectivity index (χ1) is 8.12. The number of aromatic nitrogens is 1. The van der Waals surface area contributed by atoms with Gasteiger partial charge in [0.25, 0.3) is 10.0 Å². The second-order valence-corrected chi connectivity index (χ2v) is 6.06. The lowest BCUT2D eigenvalue weighted by atomic mass is 10.4. The first-order valence-electron chi connectivity index (χ1n) is 4.54. The highest BCUT2D eigenvalue weighted by Gasteiger charge is 2.16. The highest BCUT2D eigenvalue weighted by molar-refractivity contribution is 7.94. The second-order valence-electron chi connectivity index (χ2n) is 3.07. The molecule has 5 nitrogen and oxygen atoms in total. The van der Waals surface area contributed by atoms with Crippen molar-refractivity contribution in [2.24, 2.45) is 0 Å². The Labute approximate surface area is 102 Å². The van der Waals surface area contributed by atoms with Gasteiger partial charge in [-0.15, -0.1) is 11.3 Å². The fourth-order valence-corrected chi connectivity index (χ4v) is 3.31. The molecule has 2 heterocycles. The maximum absolute atomic E-state index is 11.9. The maximum atomic E-state index is 11.9. The van der Waals surface area contributed by atoms with Crippen LogP contribution in [-0.4, -0.2) is 13.4 Å². The smallest absolute Gasteiger partial charge is 0.271 e. The molecule has 0 spiro atoms. The lowest BCUT2D eigenvalue weighted by Gasteiger charge is -2.04. The van der Waals surface area contributed by atoms with Gasteiger partial charge in [0, 0.05) is 12.4 Å². The number of hydrogen-bond donors (Lipinski definition) is 1. The minimum Gasteiger partial charge on any atom is -0.279 e. The van der Waals surface area contributed by atoms with Gasteiger partial charge in [-0.25, -0.2) is 8.42 Å². The lowest BCUT2D eigenvalue weighted by Crippen LogP contribution is -2.11. The molecular weight excluding hydrogens is 258 g/mol. The van der Waals surface area contributed by atoms with Crippen LogP contribution in [0.1, 0.15) is 4.88 Å². The van der Waals surface area contributed by atoms with Crippen LogP contribution in [0.3, 0.4) is 0 Å². The second kappa shape index (κ2) is 4.53. The Morgan fingerprint density at radius 2 is 1.94 bits per heavy atom. The summed E-state index contributed by atoms with van der Waals surface area (Å²) in [5.74, 6) is 0. The number of nitrogens with one attached hydrogen (secondary N) is 1. The van der Waals surface area contributed by atoms with E-state index in [-0.39, 0.29) is 4.21 Å². The van der Waals surface area contributed by atoms with Gasteiger partial charge in [0.05, 0.1) is 5.69 Å². The van der Waals surface area contributed by atoms with Crippen LogP contribution in [0.2, 0.25) is 0 Å². The van der Waals surface area contributed by atoms with Gasteiger partial charge in [-0.1, -0.05) is 0 Å². The molecule has 0 radical (unpaired) electrons. The zero-order valence-corrected chi connectivity index (χ0v) is 10.1. The number of anilines is 1. The Hall–Kier alpha value is -1.91. The Morgan fingerprint density at radius 3 is 2.53 bits per heavy atom. The quantitative estimate of drug-likeness (QED) is 0.917. The van der Waals surface area contributed by atoms with Gasteiger partial charge in [-0.2, -0.15) is 5.26 Å². The molecule has 2 aromatic rings. The van der Waals surface area contributed by atoms with E-state index in [1.54, 1.807) is 12.1 Å². The van der Waals surface area contributed by atoms with Gasteiger partial charge >= 0.3 is 0 Å². The zero-order chi connectivity index (χ0) is 12.3. The Balaban J connectivity index is 2.29. The fourth-order valence-electron chi connectivity index (χ4n) is 1.15. The summed E-state index contributed by atoms with van der Waals surface area (Å²) in [6, 6.07) is 7.89. The molecule has 0 aliphatic carbocycles. The van der Waals surface area contributed by atoms with Crippen LogP contribution in [0.5, 0.6) is 0 Å². The number of nitriles is 1. The van der Waals surface area contributed by atoms with E-state index in [4.69, 9.17) is 5.26 Å². The molecule has 86 valence electrons. The van der Waals surface area contributed by atoms with Crippen LogP contribution in [0.15, 0.2) is 40.9 Å². The van der Waals surface area contributed by atoms with E-state index in [9.17, 15) is 8.42 Å². The van der Waals surface area contributed by atoms with Crippen molar-refractivity contribution in [1.82, 2.24) is 4.98 Å². The van der Waals surface area contributed by atoms with Crippen molar-refractivity contribution < 1.29 is 8.42 Å². The standard InChI is InChI=1S/C10H7N3O2S2/c11-7-9-1-2-10(16-9)17(14,15)13-8-3-5-12-6-4-8/h1-6H,(H,12,13). The largest absolute Gasteiger partial charge is 0.279 e. The number of nitrogens with zero attached hydrogens (tertiary/aromatic N) is 2. The van der Waals surface area contributed by atoms with Gasteiger partial charge in [0.1, 0.15) is 15.2 Å². The summed E-state index contributed by atoms with van der Waals surface area (Å²) in [6.45, 7) is 0. The highest BCUT2D eigenvalue weighted by atomic mass is 32.2. The molecule has 2 aromatic heterocycles. The molecule has 0 fully saturated rings. The average molecular weight is 265 g/mol. The third-order valence-electron chi connectivity index (χ3n) is 1.89. The van der Waals surface area contributed by atoms with Gasteiger partial charge in [-0.05, 0) is 24.3 Å². The third kappa shape index (κ3) is 2.61. The number of hydrogen-bond acceptors (Lipinski definition) is 5. The van der Waals surface area contributed by atoms with E-state index < -0.39 is 10.0 Å². The maximum Gasteiger partial charge on any atom is 0.271 e. The van der Waals surface area contributed by atoms with Crippen LogP contribution < -0.4 is 4.72 Å². The van der Waals surface area contributed by atoms with Crippen molar-refractivity contribution >= 4 is 27.0 Å². The molecule has 1 N–H and O–H groups in total. The molecule has 0 saturated carbocycles. The molecule has 0 atom stereocenters. The van der Waals surface area contributed by atoms with Crippen molar-refractivity contribution in [1.29, 1.82) is 5.26 Å². The van der Waals surface area contributed by atoms with E-state index in [0.717, 1.165) is 11.3 Å². The van der Waals surface area contributed by atoms with Gasteiger partial charge in [0.2, 0.25) is 0 Å². The van der Waals surface area contributed by atoms with Crippen LogP contribution in [0.25, 0.3) is 0 Å². The molecule has 0 aliphatic rings. The van der Waals surface area contributed by atoms with Crippen molar-refractivity contribution in [3.05, 3.63) is 41.5 Å². The van der Waals surface area contributed by atoms with Crippen LogP contribution in [0.4, 0.5) is 5.69 Å². The third-order valence-corrected chi connectivity index (χ3v) is 4.75. The summed E-state index contributed by atoms with van der Waals surface area (Å²) in [6.07, 6.45) is 2.99. The van der Waals surface area contributed by atoms with E-state index >= 15 is 0 Å². The van der Waals surface area contributed by atoms with E-state index in [2.05, 4.69) is 9.71 Å².